The fraction of sp³-hybridized carbons (Fsp3) is 0.955. The number of hydrogen-bond donors (Lipinski definition) is 2. The number of rotatable bonds is 14. The molecular weight excluding hydrogens is 342 g/mol. The van der Waals surface area contributed by atoms with E-state index in [-0.39, 0.29) is 6.61 Å². The van der Waals surface area contributed by atoms with E-state index in [0.717, 1.165) is 19.1 Å². The van der Waals surface area contributed by atoms with Gasteiger partial charge in [0.1, 0.15) is 6.29 Å². The summed E-state index contributed by atoms with van der Waals surface area (Å²) in [7, 11) is 1.79. The Morgan fingerprint density at radius 2 is 1.33 bits per heavy atom. The van der Waals surface area contributed by atoms with Crippen LogP contribution in [0.5, 0.6) is 0 Å². The molecule has 1 saturated heterocycles. The third-order valence-electron chi connectivity index (χ3n) is 5.15. The number of hydrogen-bond acceptors (Lipinski definition) is 5. The van der Waals surface area contributed by atoms with Gasteiger partial charge in [-0.3, -0.25) is 0 Å². The van der Waals surface area contributed by atoms with Gasteiger partial charge >= 0.3 is 0 Å². The summed E-state index contributed by atoms with van der Waals surface area (Å²) in [5.74, 6) is -0.518. The van der Waals surface area contributed by atoms with Crippen LogP contribution in [0.2, 0.25) is 0 Å². The molecule has 5 nitrogen and oxygen atoms in total. The Morgan fingerprint density at radius 3 is 1.70 bits per heavy atom. The van der Waals surface area contributed by atoms with Gasteiger partial charge in [0.25, 0.3) is 0 Å². The van der Waals surface area contributed by atoms with E-state index in [1.807, 2.05) is 13.8 Å². The predicted octanol–water partition coefficient (Wildman–Crippen LogP) is 4.61. The number of aldehydes is 1. The van der Waals surface area contributed by atoms with Gasteiger partial charge in [-0.15, -0.1) is 0 Å². The molecule has 0 atom stereocenters. The number of carbonyl (C=O) groups is 1. The standard InChI is InChI=1S/C14H28O.C8H17NO3/c1-2-3-4-5-6-7-8-9-10-11-12-13-14-15;1-7(2)11-5-8(4-10,9-3)6-12-7/h14H,2-13H2,1H3;9-10H,4-6H2,1-3H3. The number of likely N-dealkylation sites (N-methyl/N-ethyl adjacent to an activating group) is 1. The molecule has 5 heteroatoms. The molecule has 1 aliphatic heterocycles. The summed E-state index contributed by atoms with van der Waals surface area (Å²) in [5, 5.41) is 12.1. The fourth-order valence-corrected chi connectivity index (χ4v) is 2.91. The molecule has 0 saturated carbocycles. The molecule has 0 aromatic rings. The second kappa shape index (κ2) is 16.5. The van der Waals surface area contributed by atoms with Crippen LogP contribution in [0, 0.1) is 0 Å². The van der Waals surface area contributed by atoms with Gasteiger partial charge < -0.3 is 24.7 Å². The van der Waals surface area contributed by atoms with Crippen molar-refractivity contribution >= 4 is 6.29 Å². The van der Waals surface area contributed by atoms with Gasteiger partial charge in [0, 0.05) is 6.42 Å². The van der Waals surface area contributed by atoms with Gasteiger partial charge in [0.15, 0.2) is 5.79 Å². The Hall–Kier alpha value is -0.490. The van der Waals surface area contributed by atoms with Gasteiger partial charge in [-0.2, -0.15) is 0 Å². The fourth-order valence-electron chi connectivity index (χ4n) is 2.91. The van der Waals surface area contributed by atoms with Crippen LogP contribution < -0.4 is 5.32 Å². The summed E-state index contributed by atoms with van der Waals surface area (Å²) in [6.07, 6.45) is 16.7. The normalized spacial score (nSPS) is 17.8. The lowest BCUT2D eigenvalue weighted by atomic mass is 10.0. The molecule has 0 aromatic carbocycles. The zero-order valence-corrected chi connectivity index (χ0v) is 18.4. The minimum Gasteiger partial charge on any atom is -0.394 e. The molecule has 0 radical (unpaired) electrons. The molecule has 1 heterocycles. The van der Waals surface area contributed by atoms with Crippen molar-refractivity contribution in [3.05, 3.63) is 0 Å². The van der Waals surface area contributed by atoms with E-state index in [9.17, 15) is 4.79 Å². The minimum absolute atomic E-state index is 0.0274. The molecule has 162 valence electrons. The highest BCUT2D eigenvalue weighted by Crippen LogP contribution is 2.22. The number of carbonyl (C=O) groups excluding carboxylic acids is 1. The van der Waals surface area contributed by atoms with Crippen LogP contribution in [-0.2, 0) is 14.3 Å². The molecule has 2 N–H and O–H groups in total. The van der Waals surface area contributed by atoms with E-state index >= 15 is 0 Å². The van der Waals surface area contributed by atoms with Crippen molar-refractivity contribution in [3.8, 4) is 0 Å². The highest BCUT2D eigenvalue weighted by Gasteiger charge is 2.38. The van der Waals surface area contributed by atoms with Crippen LogP contribution in [0.4, 0.5) is 0 Å². The topological polar surface area (TPSA) is 67.8 Å². The lowest BCUT2D eigenvalue weighted by molar-refractivity contribution is -0.274. The van der Waals surface area contributed by atoms with Crippen LogP contribution in [0.25, 0.3) is 0 Å². The van der Waals surface area contributed by atoms with Crippen molar-refractivity contribution in [1.29, 1.82) is 0 Å². The van der Waals surface area contributed by atoms with Crippen LogP contribution in [0.3, 0.4) is 0 Å². The lowest BCUT2D eigenvalue weighted by Gasteiger charge is -2.42. The molecule has 1 aliphatic rings. The number of nitrogens with one attached hydrogen (secondary N) is 1. The molecule has 27 heavy (non-hydrogen) atoms. The number of aliphatic hydroxyl groups is 1. The first-order valence-electron chi connectivity index (χ1n) is 11.0. The Bertz CT molecular complexity index is 331. The zero-order chi connectivity index (χ0) is 20.4. The molecule has 0 aromatic heterocycles. The monoisotopic (exact) mass is 387 g/mol. The van der Waals surface area contributed by atoms with Crippen molar-refractivity contribution in [2.24, 2.45) is 0 Å². The van der Waals surface area contributed by atoms with Gasteiger partial charge in [-0.1, -0.05) is 71.1 Å². The summed E-state index contributed by atoms with van der Waals surface area (Å²) in [6, 6.07) is 0. The third-order valence-corrected chi connectivity index (χ3v) is 5.15. The summed E-state index contributed by atoms with van der Waals surface area (Å²) < 4.78 is 10.8. The van der Waals surface area contributed by atoms with Crippen LogP contribution in [0.1, 0.15) is 97.8 Å². The maximum absolute atomic E-state index is 10.1. The average molecular weight is 388 g/mol. The molecule has 0 aliphatic carbocycles. The highest BCUT2D eigenvalue weighted by atomic mass is 16.7. The number of ether oxygens (including phenoxy) is 2. The molecular formula is C22H45NO4. The maximum atomic E-state index is 10.1. The van der Waals surface area contributed by atoms with Crippen LogP contribution >= 0.6 is 0 Å². The van der Waals surface area contributed by atoms with Gasteiger partial charge in [0.2, 0.25) is 0 Å². The van der Waals surface area contributed by atoms with Crippen LogP contribution in [-0.4, -0.2) is 49.6 Å². The van der Waals surface area contributed by atoms with E-state index < -0.39 is 11.3 Å². The maximum Gasteiger partial charge on any atom is 0.162 e. The number of unbranched alkanes of at least 4 members (excludes halogenated alkanes) is 11. The first-order chi connectivity index (χ1) is 12.9. The molecule has 1 rings (SSSR count). The van der Waals surface area contributed by atoms with Crippen molar-refractivity contribution in [2.45, 2.75) is 109 Å². The first-order valence-corrected chi connectivity index (χ1v) is 11.0. The van der Waals surface area contributed by atoms with E-state index in [1.54, 1.807) is 7.05 Å². The quantitative estimate of drug-likeness (QED) is 0.337. The first kappa shape index (κ1) is 26.5. The van der Waals surface area contributed by atoms with Crippen molar-refractivity contribution < 1.29 is 19.4 Å². The smallest absolute Gasteiger partial charge is 0.162 e. The molecule has 0 amide bonds. The zero-order valence-electron chi connectivity index (χ0n) is 18.4. The minimum atomic E-state index is -0.518. The van der Waals surface area contributed by atoms with Crippen LogP contribution in [0.15, 0.2) is 0 Å². The summed E-state index contributed by atoms with van der Waals surface area (Å²) in [5.41, 5.74) is -0.421. The Balaban J connectivity index is 0.000000511. The average Bonchev–Trinajstić information content (AvgIpc) is 2.67. The van der Waals surface area contributed by atoms with E-state index in [4.69, 9.17) is 14.6 Å². The Labute approximate surface area is 167 Å². The number of aliphatic hydroxyl groups excluding tert-OH is 1. The second-order valence-electron chi connectivity index (χ2n) is 8.16. The third kappa shape index (κ3) is 14.2. The van der Waals surface area contributed by atoms with Gasteiger partial charge in [0.05, 0.1) is 25.4 Å². The molecule has 0 spiro atoms. The second-order valence-corrected chi connectivity index (χ2v) is 8.16. The van der Waals surface area contributed by atoms with E-state index in [2.05, 4.69) is 12.2 Å². The summed E-state index contributed by atoms with van der Waals surface area (Å²) in [4.78, 5) is 10.1. The molecule has 1 fully saturated rings. The Morgan fingerprint density at radius 1 is 0.889 bits per heavy atom. The van der Waals surface area contributed by atoms with Crippen molar-refractivity contribution in [3.63, 3.8) is 0 Å². The summed E-state index contributed by atoms with van der Waals surface area (Å²) >= 11 is 0. The lowest BCUT2D eigenvalue weighted by Crippen LogP contribution is -2.60. The van der Waals surface area contributed by atoms with Crippen molar-refractivity contribution in [2.75, 3.05) is 26.9 Å². The SMILES string of the molecule is CCCCCCCCCCCCCC=O.CNC1(CO)COC(C)(C)OC1. The van der Waals surface area contributed by atoms with Gasteiger partial charge in [-0.05, 0) is 27.3 Å². The van der Waals surface area contributed by atoms with Gasteiger partial charge in [-0.25, -0.2) is 0 Å². The Kier molecular flexibility index (Phi) is 16.2. The van der Waals surface area contributed by atoms with E-state index in [1.165, 1.54) is 64.2 Å². The molecule has 0 bridgehead atoms. The molecule has 0 unspecified atom stereocenters. The highest BCUT2D eigenvalue weighted by molar-refractivity contribution is 5.48. The largest absolute Gasteiger partial charge is 0.394 e. The predicted molar refractivity (Wildman–Crippen MR) is 112 cm³/mol. The van der Waals surface area contributed by atoms with Crippen molar-refractivity contribution in [1.82, 2.24) is 5.32 Å². The van der Waals surface area contributed by atoms with E-state index in [0.29, 0.717) is 13.2 Å². The summed E-state index contributed by atoms with van der Waals surface area (Å²) in [6.45, 7) is 6.98.